The third-order valence-electron chi connectivity index (χ3n) is 3.05. The first-order valence-electron chi connectivity index (χ1n) is 6.37. The summed E-state index contributed by atoms with van der Waals surface area (Å²) in [6.07, 6.45) is 1.72. The molecule has 0 saturated carbocycles. The second-order valence-corrected chi connectivity index (χ2v) is 6.70. The Labute approximate surface area is 142 Å². The predicted octanol–water partition coefficient (Wildman–Crippen LogP) is 4.45. The fourth-order valence-corrected chi connectivity index (χ4v) is 3.47. The van der Waals surface area contributed by atoms with Crippen molar-refractivity contribution in [1.82, 2.24) is 0 Å². The lowest BCUT2D eigenvalue weighted by molar-refractivity contribution is -0.113. The lowest BCUT2D eigenvalue weighted by Crippen LogP contribution is -2.27. The smallest absolute Gasteiger partial charge is 0.270 e. The van der Waals surface area contributed by atoms with Gasteiger partial charge in [0.15, 0.2) is 4.32 Å². The van der Waals surface area contributed by atoms with Crippen LogP contribution in [0.15, 0.2) is 53.4 Å². The average molecular weight is 348 g/mol. The summed E-state index contributed by atoms with van der Waals surface area (Å²) < 4.78 is 0.471. The second-order valence-electron chi connectivity index (χ2n) is 4.59. The SMILES string of the molecule is O=C1C(=Cc2cccc(O)c2)SC(=S)N1c1ccc(Cl)cc1. The third kappa shape index (κ3) is 3.02. The van der Waals surface area contributed by atoms with Crippen LogP contribution < -0.4 is 4.90 Å². The van der Waals surface area contributed by atoms with Gasteiger partial charge in [0.2, 0.25) is 0 Å². The van der Waals surface area contributed by atoms with Gasteiger partial charge in [0.25, 0.3) is 5.91 Å². The first-order chi connectivity index (χ1) is 10.5. The van der Waals surface area contributed by atoms with E-state index in [-0.39, 0.29) is 11.7 Å². The van der Waals surface area contributed by atoms with E-state index < -0.39 is 0 Å². The van der Waals surface area contributed by atoms with Crippen LogP contribution in [0.3, 0.4) is 0 Å². The molecule has 1 saturated heterocycles. The van der Waals surface area contributed by atoms with Crippen molar-refractivity contribution < 1.29 is 9.90 Å². The third-order valence-corrected chi connectivity index (χ3v) is 4.60. The van der Waals surface area contributed by atoms with Crippen LogP contribution in [0.4, 0.5) is 5.69 Å². The number of hydrogen-bond donors (Lipinski definition) is 1. The molecule has 1 amide bonds. The highest BCUT2D eigenvalue weighted by atomic mass is 35.5. The Kier molecular flexibility index (Phi) is 4.20. The number of phenols is 1. The molecule has 0 spiro atoms. The van der Waals surface area contributed by atoms with Gasteiger partial charge in [-0.25, -0.2) is 0 Å². The normalized spacial score (nSPS) is 16.6. The van der Waals surface area contributed by atoms with E-state index in [2.05, 4.69) is 0 Å². The highest BCUT2D eigenvalue weighted by Gasteiger charge is 2.33. The summed E-state index contributed by atoms with van der Waals surface area (Å²) in [7, 11) is 0. The lowest BCUT2D eigenvalue weighted by atomic mass is 10.2. The summed E-state index contributed by atoms with van der Waals surface area (Å²) in [6, 6.07) is 13.7. The van der Waals surface area contributed by atoms with E-state index in [1.807, 2.05) is 6.07 Å². The van der Waals surface area contributed by atoms with Gasteiger partial charge in [0, 0.05) is 5.02 Å². The van der Waals surface area contributed by atoms with Crippen LogP contribution in [0.5, 0.6) is 5.75 Å². The molecular formula is C16H10ClNO2S2. The van der Waals surface area contributed by atoms with Gasteiger partial charge in [-0.15, -0.1) is 0 Å². The van der Waals surface area contributed by atoms with Crippen LogP contribution in [0.2, 0.25) is 5.02 Å². The molecule has 110 valence electrons. The topological polar surface area (TPSA) is 40.5 Å². The standard InChI is InChI=1S/C16H10ClNO2S2/c17-11-4-6-12(7-5-11)18-15(20)14(22-16(18)21)9-10-2-1-3-13(19)8-10/h1-9,19H. The Morgan fingerprint density at radius 1 is 1.18 bits per heavy atom. The Morgan fingerprint density at radius 2 is 1.91 bits per heavy atom. The molecule has 0 bridgehead atoms. The van der Waals surface area contributed by atoms with Crippen molar-refractivity contribution in [2.45, 2.75) is 0 Å². The number of halogens is 1. The van der Waals surface area contributed by atoms with Crippen LogP contribution in [0.1, 0.15) is 5.56 Å². The van der Waals surface area contributed by atoms with Crippen LogP contribution in [0.25, 0.3) is 6.08 Å². The number of thiocarbonyl (C=S) groups is 1. The lowest BCUT2D eigenvalue weighted by Gasteiger charge is -2.14. The number of nitrogens with zero attached hydrogens (tertiary/aromatic N) is 1. The van der Waals surface area contributed by atoms with Crippen LogP contribution >= 0.6 is 35.6 Å². The van der Waals surface area contributed by atoms with Crippen molar-refractivity contribution in [3.8, 4) is 5.75 Å². The number of benzene rings is 2. The van der Waals surface area contributed by atoms with E-state index >= 15 is 0 Å². The number of phenolic OH excluding ortho intramolecular Hbond substituents is 1. The molecule has 1 aliphatic heterocycles. The van der Waals surface area contributed by atoms with Crippen molar-refractivity contribution in [3.63, 3.8) is 0 Å². The highest BCUT2D eigenvalue weighted by molar-refractivity contribution is 8.27. The molecule has 2 aromatic rings. The first kappa shape index (κ1) is 15.1. The quantitative estimate of drug-likeness (QED) is 0.643. The molecule has 1 fully saturated rings. The number of thioether (sulfide) groups is 1. The summed E-state index contributed by atoms with van der Waals surface area (Å²) in [6.45, 7) is 0. The first-order valence-corrected chi connectivity index (χ1v) is 7.97. The fourth-order valence-electron chi connectivity index (χ4n) is 2.05. The minimum absolute atomic E-state index is 0.155. The summed E-state index contributed by atoms with van der Waals surface area (Å²) in [4.78, 5) is 14.5. The fraction of sp³-hybridized carbons (Fsp3) is 0. The van der Waals surface area contributed by atoms with Crippen molar-refractivity contribution >= 4 is 57.6 Å². The van der Waals surface area contributed by atoms with Gasteiger partial charge >= 0.3 is 0 Å². The van der Waals surface area contributed by atoms with Gasteiger partial charge in [-0.2, -0.15) is 0 Å². The van der Waals surface area contributed by atoms with Gasteiger partial charge in [-0.3, -0.25) is 9.69 Å². The summed E-state index contributed by atoms with van der Waals surface area (Å²) in [5, 5.41) is 10.1. The maximum atomic E-state index is 12.5. The predicted molar refractivity (Wildman–Crippen MR) is 95.2 cm³/mol. The van der Waals surface area contributed by atoms with Gasteiger partial charge in [0.05, 0.1) is 10.6 Å². The van der Waals surface area contributed by atoms with Gasteiger partial charge in [0.1, 0.15) is 5.75 Å². The van der Waals surface area contributed by atoms with Gasteiger partial charge in [-0.05, 0) is 48.0 Å². The Hall–Kier alpha value is -1.82. The maximum Gasteiger partial charge on any atom is 0.270 e. The molecule has 0 atom stereocenters. The van der Waals surface area contributed by atoms with E-state index in [9.17, 15) is 9.90 Å². The molecule has 0 radical (unpaired) electrons. The molecule has 1 N–H and O–H groups in total. The summed E-state index contributed by atoms with van der Waals surface area (Å²) in [5.41, 5.74) is 1.43. The maximum absolute atomic E-state index is 12.5. The molecule has 0 aromatic heterocycles. The van der Waals surface area contributed by atoms with Crippen molar-refractivity contribution in [2.75, 3.05) is 4.90 Å². The largest absolute Gasteiger partial charge is 0.508 e. The zero-order chi connectivity index (χ0) is 15.7. The number of carbonyl (C=O) groups excluding carboxylic acids is 1. The van der Waals surface area contributed by atoms with Crippen molar-refractivity contribution in [1.29, 1.82) is 0 Å². The molecule has 2 aromatic carbocycles. The molecule has 1 heterocycles. The molecule has 0 aliphatic carbocycles. The summed E-state index contributed by atoms with van der Waals surface area (Å²) in [5.74, 6) is -0.0254. The highest BCUT2D eigenvalue weighted by Crippen LogP contribution is 2.36. The van der Waals surface area contributed by atoms with Crippen LogP contribution in [-0.2, 0) is 4.79 Å². The van der Waals surface area contributed by atoms with Gasteiger partial charge < -0.3 is 5.11 Å². The average Bonchev–Trinajstić information content (AvgIpc) is 2.75. The van der Waals surface area contributed by atoms with E-state index in [0.717, 1.165) is 5.56 Å². The second kappa shape index (κ2) is 6.12. The number of hydrogen-bond acceptors (Lipinski definition) is 4. The zero-order valence-corrected chi connectivity index (χ0v) is 13.6. The number of carbonyl (C=O) groups is 1. The van der Waals surface area contributed by atoms with E-state index in [0.29, 0.717) is 19.9 Å². The molecule has 22 heavy (non-hydrogen) atoms. The Morgan fingerprint density at radius 3 is 2.59 bits per heavy atom. The number of anilines is 1. The number of rotatable bonds is 2. The number of aromatic hydroxyl groups is 1. The van der Waals surface area contributed by atoms with Crippen LogP contribution in [0, 0.1) is 0 Å². The minimum Gasteiger partial charge on any atom is -0.508 e. The number of amides is 1. The van der Waals surface area contributed by atoms with Crippen LogP contribution in [-0.4, -0.2) is 15.3 Å². The van der Waals surface area contributed by atoms with Crippen molar-refractivity contribution in [2.24, 2.45) is 0 Å². The molecular weight excluding hydrogens is 338 g/mol. The van der Waals surface area contributed by atoms with Gasteiger partial charge in [-0.1, -0.05) is 47.7 Å². The van der Waals surface area contributed by atoms with Crippen molar-refractivity contribution in [3.05, 3.63) is 64.0 Å². The monoisotopic (exact) mass is 347 g/mol. The summed E-state index contributed by atoms with van der Waals surface area (Å²) >= 11 is 12.4. The molecule has 0 unspecified atom stereocenters. The molecule has 1 aliphatic rings. The molecule has 3 rings (SSSR count). The van der Waals surface area contributed by atoms with E-state index in [4.69, 9.17) is 23.8 Å². The van der Waals surface area contributed by atoms with E-state index in [1.165, 1.54) is 16.7 Å². The molecule has 3 nitrogen and oxygen atoms in total. The Balaban J connectivity index is 1.93. The minimum atomic E-state index is -0.180. The zero-order valence-electron chi connectivity index (χ0n) is 11.2. The Bertz CT molecular complexity index is 787. The van der Waals surface area contributed by atoms with E-state index in [1.54, 1.807) is 48.5 Å². The molecule has 6 heteroatoms.